The van der Waals surface area contributed by atoms with Gasteiger partial charge in [-0.3, -0.25) is 9.59 Å². The van der Waals surface area contributed by atoms with Gasteiger partial charge in [0.15, 0.2) is 0 Å². The van der Waals surface area contributed by atoms with Crippen LogP contribution in [0.2, 0.25) is 0 Å². The molecule has 2 N–H and O–H groups in total. The minimum atomic E-state index is -0.180. The Morgan fingerprint density at radius 2 is 1.78 bits per heavy atom. The molecule has 1 aliphatic carbocycles. The van der Waals surface area contributed by atoms with Crippen molar-refractivity contribution in [3.8, 4) is 5.75 Å². The molecule has 5 nitrogen and oxygen atoms in total. The van der Waals surface area contributed by atoms with Crippen LogP contribution in [0.4, 0.5) is 5.69 Å². The molecule has 1 saturated carbocycles. The van der Waals surface area contributed by atoms with Crippen molar-refractivity contribution < 1.29 is 14.3 Å². The van der Waals surface area contributed by atoms with Crippen LogP contribution in [-0.4, -0.2) is 18.9 Å². The molecule has 1 fully saturated rings. The number of hydrogen-bond acceptors (Lipinski definition) is 3. The summed E-state index contributed by atoms with van der Waals surface area (Å²) in [4.78, 5) is 24.6. The quantitative estimate of drug-likeness (QED) is 0.807. The van der Waals surface area contributed by atoms with Gasteiger partial charge in [0.2, 0.25) is 5.91 Å². The van der Waals surface area contributed by atoms with Crippen LogP contribution >= 0.6 is 0 Å². The molecule has 0 bridgehead atoms. The number of hydrogen-bond donors (Lipinski definition) is 2. The van der Waals surface area contributed by atoms with Crippen molar-refractivity contribution in [1.82, 2.24) is 5.32 Å². The van der Waals surface area contributed by atoms with Crippen molar-refractivity contribution >= 4 is 17.5 Å². The molecular weight excluding hydrogens is 340 g/mol. The molecule has 142 valence electrons. The molecule has 0 spiro atoms. The van der Waals surface area contributed by atoms with Crippen LogP contribution in [0.25, 0.3) is 0 Å². The highest BCUT2D eigenvalue weighted by molar-refractivity contribution is 6.04. The molecule has 0 atom stereocenters. The topological polar surface area (TPSA) is 67.4 Å². The van der Waals surface area contributed by atoms with Gasteiger partial charge in [0.05, 0.1) is 7.11 Å². The maximum absolute atomic E-state index is 12.4. The molecule has 5 heteroatoms. The van der Waals surface area contributed by atoms with Gasteiger partial charge in [0, 0.05) is 29.8 Å². The van der Waals surface area contributed by atoms with Crippen LogP contribution in [-0.2, 0) is 11.3 Å². The lowest BCUT2D eigenvalue weighted by atomic mass is 9.88. The van der Waals surface area contributed by atoms with Crippen molar-refractivity contribution in [1.29, 1.82) is 0 Å². The van der Waals surface area contributed by atoms with E-state index in [4.69, 9.17) is 4.74 Å². The van der Waals surface area contributed by atoms with Gasteiger partial charge in [-0.05, 0) is 42.7 Å². The molecule has 0 heterocycles. The highest BCUT2D eigenvalue weighted by atomic mass is 16.5. The van der Waals surface area contributed by atoms with Gasteiger partial charge in [0.1, 0.15) is 5.75 Å². The van der Waals surface area contributed by atoms with Gasteiger partial charge in [0.25, 0.3) is 5.91 Å². The summed E-state index contributed by atoms with van der Waals surface area (Å²) >= 11 is 0. The molecule has 2 aromatic carbocycles. The van der Waals surface area contributed by atoms with Crippen LogP contribution in [0.15, 0.2) is 48.5 Å². The minimum Gasteiger partial charge on any atom is -0.497 e. The Morgan fingerprint density at radius 1 is 1.04 bits per heavy atom. The molecular formula is C22H26N2O3. The Kier molecular flexibility index (Phi) is 6.47. The molecule has 27 heavy (non-hydrogen) atoms. The van der Waals surface area contributed by atoms with E-state index in [1.165, 1.54) is 6.42 Å². The minimum absolute atomic E-state index is 0.148. The summed E-state index contributed by atoms with van der Waals surface area (Å²) in [5, 5.41) is 5.87. The number of amides is 2. The van der Waals surface area contributed by atoms with E-state index < -0.39 is 0 Å². The molecule has 2 amide bonds. The predicted molar refractivity (Wildman–Crippen MR) is 106 cm³/mol. The summed E-state index contributed by atoms with van der Waals surface area (Å²) < 4.78 is 5.16. The summed E-state index contributed by atoms with van der Waals surface area (Å²) in [6.45, 7) is 0.493. The number of benzene rings is 2. The summed E-state index contributed by atoms with van der Waals surface area (Å²) in [6.07, 6.45) is 5.53. The van der Waals surface area contributed by atoms with Gasteiger partial charge in [-0.2, -0.15) is 0 Å². The monoisotopic (exact) mass is 366 g/mol. The number of carbonyl (C=O) groups excluding carboxylic acids is 2. The Balaban J connectivity index is 1.53. The first-order chi connectivity index (χ1) is 13.2. The van der Waals surface area contributed by atoms with Crippen LogP contribution in [0.5, 0.6) is 5.75 Å². The van der Waals surface area contributed by atoms with Crippen LogP contribution in [0.1, 0.15) is 48.0 Å². The lowest BCUT2D eigenvalue weighted by molar-refractivity contribution is -0.126. The van der Waals surface area contributed by atoms with Crippen molar-refractivity contribution in [2.75, 3.05) is 12.4 Å². The number of anilines is 1. The van der Waals surface area contributed by atoms with E-state index in [1.807, 2.05) is 30.3 Å². The molecule has 0 aliphatic heterocycles. The van der Waals surface area contributed by atoms with Crippen LogP contribution < -0.4 is 15.4 Å². The van der Waals surface area contributed by atoms with Crippen LogP contribution in [0.3, 0.4) is 0 Å². The smallest absolute Gasteiger partial charge is 0.255 e. The Labute approximate surface area is 160 Å². The molecule has 0 saturated heterocycles. The molecule has 2 aromatic rings. The fraction of sp³-hybridized carbons (Fsp3) is 0.364. The first-order valence-corrected chi connectivity index (χ1v) is 9.48. The van der Waals surface area contributed by atoms with Gasteiger partial charge >= 0.3 is 0 Å². The maximum atomic E-state index is 12.4. The van der Waals surface area contributed by atoms with Crippen LogP contribution in [0, 0.1) is 5.92 Å². The number of carbonyl (C=O) groups is 2. The molecule has 3 rings (SSSR count). The lowest BCUT2D eigenvalue weighted by Gasteiger charge is -2.20. The van der Waals surface area contributed by atoms with E-state index >= 15 is 0 Å². The second-order valence-corrected chi connectivity index (χ2v) is 6.94. The fourth-order valence-corrected chi connectivity index (χ4v) is 3.38. The van der Waals surface area contributed by atoms with E-state index in [-0.39, 0.29) is 17.7 Å². The molecule has 1 aliphatic rings. The highest BCUT2D eigenvalue weighted by Crippen LogP contribution is 2.23. The zero-order valence-corrected chi connectivity index (χ0v) is 15.7. The number of ether oxygens (including phenoxy) is 1. The van der Waals surface area contributed by atoms with Gasteiger partial charge in [-0.25, -0.2) is 0 Å². The Bertz CT molecular complexity index is 780. The van der Waals surface area contributed by atoms with Gasteiger partial charge in [-0.1, -0.05) is 37.5 Å². The van der Waals surface area contributed by atoms with E-state index in [9.17, 15) is 9.59 Å². The number of methoxy groups -OCH3 is 1. The zero-order chi connectivity index (χ0) is 19.1. The normalized spacial score (nSPS) is 14.4. The standard InChI is InChI=1S/C22H26N2O3/c1-27-20-9-5-8-19(14-20)24-22(26)18-12-10-16(11-13-18)15-23-21(25)17-6-3-2-4-7-17/h5,8-14,17H,2-4,6-7,15H2,1H3,(H,23,25)(H,24,26). The second-order valence-electron chi connectivity index (χ2n) is 6.94. The Morgan fingerprint density at radius 3 is 2.48 bits per heavy atom. The van der Waals surface area contributed by atoms with Gasteiger partial charge in [-0.15, -0.1) is 0 Å². The van der Waals surface area contributed by atoms with Crippen molar-refractivity contribution in [2.45, 2.75) is 38.6 Å². The average Bonchev–Trinajstić information content (AvgIpc) is 2.73. The molecule has 0 radical (unpaired) electrons. The van der Waals surface area contributed by atoms with Gasteiger partial charge < -0.3 is 15.4 Å². The summed E-state index contributed by atoms with van der Waals surface area (Å²) in [5.41, 5.74) is 2.24. The fourth-order valence-electron chi connectivity index (χ4n) is 3.38. The highest BCUT2D eigenvalue weighted by Gasteiger charge is 2.20. The lowest BCUT2D eigenvalue weighted by Crippen LogP contribution is -2.31. The third-order valence-corrected chi connectivity index (χ3v) is 4.99. The molecule has 0 aromatic heterocycles. The predicted octanol–water partition coefficient (Wildman–Crippen LogP) is 4.14. The number of nitrogens with one attached hydrogen (secondary N) is 2. The zero-order valence-electron chi connectivity index (χ0n) is 15.7. The second kappa shape index (κ2) is 9.21. The molecule has 0 unspecified atom stereocenters. The first kappa shape index (κ1) is 19.0. The van der Waals surface area contributed by atoms with Crippen molar-refractivity contribution in [2.24, 2.45) is 5.92 Å². The average molecular weight is 366 g/mol. The van der Waals surface area contributed by atoms with E-state index in [0.717, 1.165) is 31.2 Å². The van der Waals surface area contributed by atoms with E-state index in [1.54, 1.807) is 25.3 Å². The van der Waals surface area contributed by atoms with Crippen molar-refractivity contribution in [3.63, 3.8) is 0 Å². The first-order valence-electron chi connectivity index (χ1n) is 9.48. The number of rotatable bonds is 6. The largest absolute Gasteiger partial charge is 0.497 e. The summed E-state index contributed by atoms with van der Waals surface area (Å²) in [7, 11) is 1.59. The Hall–Kier alpha value is -2.82. The summed E-state index contributed by atoms with van der Waals surface area (Å²) in [5.74, 6) is 0.819. The summed E-state index contributed by atoms with van der Waals surface area (Å²) in [6, 6.07) is 14.5. The maximum Gasteiger partial charge on any atom is 0.255 e. The van der Waals surface area contributed by atoms with E-state index in [2.05, 4.69) is 10.6 Å². The SMILES string of the molecule is COc1cccc(NC(=O)c2ccc(CNC(=O)C3CCCCC3)cc2)c1. The van der Waals surface area contributed by atoms with Crippen molar-refractivity contribution in [3.05, 3.63) is 59.7 Å². The third kappa shape index (κ3) is 5.33. The van der Waals surface area contributed by atoms with E-state index in [0.29, 0.717) is 23.5 Å². The third-order valence-electron chi connectivity index (χ3n) is 4.99.